The molecule has 6 rings (SSSR count). The van der Waals surface area contributed by atoms with Gasteiger partial charge in [0, 0.05) is 27.9 Å². The van der Waals surface area contributed by atoms with Crippen LogP contribution in [0.15, 0.2) is 64.8 Å². The summed E-state index contributed by atoms with van der Waals surface area (Å²) in [5.74, 6) is 0.669. The minimum Gasteiger partial charge on any atom is -0.756 e. The second-order valence-corrected chi connectivity index (χ2v) is 14.8. The van der Waals surface area contributed by atoms with Crippen molar-refractivity contribution < 1.29 is 42.0 Å². The van der Waals surface area contributed by atoms with Gasteiger partial charge in [-0.2, -0.15) is 0 Å². The number of rotatable bonds is 14. The number of carbonyl (C=O) groups is 1. The Morgan fingerprint density at radius 1 is 1.02 bits per heavy atom. The molecule has 2 aromatic carbocycles. The number of phosphoric ester groups is 1. The zero-order valence-electron chi connectivity index (χ0n) is 26.9. The molecule has 4 aromatic rings. The molecule has 258 valence electrons. The van der Waals surface area contributed by atoms with Crippen LogP contribution in [-0.2, 0) is 23.1 Å². The number of H-pyrrole nitrogens is 1. The molecule has 0 radical (unpaired) electrons. The first kappa shape index (κ1) is 34.4. The standard InChI is InChI=1S/C34H42N3O9PS/c38-33-14-12-26-11-13-28(23-30(26)35-33)42-21-5-4-18-37(19-16-36(17-20-37)31-9-6-10-32-29(31)15-22-48-32)24-44-47(40,41)45-25-43-34(39)46-27-7-2-1-3-8-27/h6,9-15,22-23,27H,1-5,7-8,16-21,24-25H2,(H-,35,38,40,41). The van der Waals surface area contributed by atoms with E-state index >= 15 is 0 Å². The molecule has 1 saturated heterocycles. The maximum Gasteiger partial charge on any atom is 0.510 e. The Labute approximate surface area is 283 Å². The molecule has 3 heterocycles. The highest BCUT2D eigenvalue weighted by molar-refractivity contribution is 7.45. The Balaban J connectivity index is 1.03. The van der Waals surface area contributed by atoms with E-state index < -0.39 is 20.8 Å². The van der Waals surface area contributed by atoms with Crippen LogP contribution in [0, 0.1) is 0 Å². The number of fused-ring (bicyclic) bond motifs is 2. The zero-order valence-corrected chi connectivity index (χ0v) is 28.6. The predicted octanol–water partition coefficient (Wildman–Crippen LogP) is 6.14. The number of unbranched alkanes of at least 4 members (excludes halogenated alkanes) is 1. The van der Waals surface area contributed by atoms with Gasteiger partial charge < -0.3 is 29.0 Å². The van der Waals surface area contributed by atoms with Gasteiger partial charge in [-0.1, -0.05) is 12.5 Å². The highest BCUT2D eigenvalue weighted by atomic mass is 32.1. The number of hydrogen-bond donors (Lipinski definition) is 1. The first-order valence-corrected chi connectivity index (χ1v) is 18.9. The summed E-state index contributed by atoms with van der Waals surface area (Å²) in [7, 11) is -4.77. The fourth-order valence-corrected chi connectivity index (χ4v) is 7.93. The first-order chi connectivity index (χ1) is 23.3. The maximum atomic E-state index is 12.7. The number of pyridine rings is 1. The van der Waals surface area contributed by atoms with Crippen LogP contribution in [0.1, 0.15) is 44.9 Å². The van der Waals surface area contributed by atoms with E-state index in [4.69, 9.17) is 23.3 Å². The number of anilines is 1. The molecule has 0 bridgehead atoms. The van der Waals surface area contributed by atoms with E-state index in [2.05, 4.69) is 39.5 Å². The van der Waals surface area contributed by atoms with Crippen LogP contribution in [0.2, 0.25) is 0 Å². The van der Waals surface area contributed by atoms with Crippen molar-refractivity contribution in [3.8, 4) is 5.75 Å². The zero-order chi connectivity index (χ0) is 33.4. The number of nitrogens with one attached hydrogen (secondary N) is 1. The van der Waals surface area contributed by atoms with E-state index in [1.165, 1.54) is 21.8 Å². The second-order valence-electron chi connectivity index (χ2n) is 12.5. The lowest BCUT2D eigenvalue weighted by Gasteiger charge is -2.45. The number of ether oxygens (including phenoxy) is 3. The lowest BCUT2D eigenvalue weighted by atomic mass is 9.98. The second kappa shape index (κ2) is 15.8. The summed E-state index contributed by atoms with van der Waals surface area (Å²) < 4.78 is 40.8. The van der Waals surface area contributed by atoms with Crippen LogP contribution in [0.4, 0.5) is 10.5 Å². The maximum absolute atomic E-state index is 12.7. The van der Waals surface area contributed by atoms with E-state index in [-0.39, 0.29) is 18.4 Å². The van der Waals surface area contributed by atoms with Gasteiger partial charge in [-0.15, -0.1) is 11.3 Å². The van der Waals surface area contributed by atoms with Crippen LogP contribution in [0.3, 0.4) is 0 Å². The van der Waals surface area contributed by atoms with Gasteiger partial charge in [-0.25, -0.2) is 4.79 Å². The van der Waals surface area contributed by atoms with Crippen LogP contribution in [0.5, 0.6) is 5.75 Å². The van der Waals surface area contributed by atoms with Crippen molar-refractivity contribution in [2.24, 2.45) is 0 Å². The number of piperazine rings is 1. The van der Waals surface area contributed by atoms with Crippen molar-refractivity contribution in [1.82, 2.24) is 4.98 Å². The molecule has 48 heavy (non-hydrogen) atoms. The summed E-state index contributed by atoms with van der Waals surface area (Å²) in [6.45, 7) is 3.04. The largest absolute Gasteiger partial charge is 0.756 e. The number of benzene rings is 2. The van der Waals surface area contributed by atoms with Gasteiger partial charge in [-0.3, -0.25) is 22.9 Å². The lowest BCUT2D eigenvalue weighted by Crippen LogP contribution is -2.61. The molecule has 1 aliphatic carbocycles. The van der Waals surface area contributed by atoms with Crippen molar-refractivity contribution in [2.45, 2.75) is 51.0 Å². The van der Waals surface area contributed by atoms with Crippen molar-refractivity contribution in [3.05, 3.63) is 70.3 Å². The van der Waals surface area contributed by atoms with Gasteiger partial charge in [0.25, 0.3) is 7.82 Å². The highest BCUT2D eigenvalue weighted by Crippen LogP contribution is 2.40. The third-order valence-corrected chi connectivity index (χ3v) is 10.9. The average molecular weight is 700 g/mol. The molecular formula is C34H42N3O9PS. The highest BCUT2D eigenvalue weighted by Gasteiger charge is 2.35. The van der Waals surface area contributed by atoms with E-state index in [9.17, 15) is 19.0 Å². The molecule has 0 spiro atoms. The number of thiophene rings is 1. The van der Waals surface area contributed by atoms with Crippen LogP contribution < -0.4 is 20.1 Å². The minimum absolute atomic E-state index is 0.0946. The molecule has 14 heteroatoms. The fourth-order valence-electron chi connectivity index (χ4n) is 6.48. The Morgan fingerprint density at radius 3 is 2.67 bits per heavy atom. The van der Waals surface area contributed by atoms with Gasteiger partial charge in [0.15, 0.2) is 6.73 Å². The lowest BCUT2D eigenvalue weighted by molar-refractivity contribution is -0.943. The van der Waals surface area contributed by atoms with E-state index in [0.717, 1.165) is 63.4 Å². The van der Waals surface area contributed by atoms with Gasteiger partial charge >= 0.3 is 6.16 Å². The third-order valence-electron chi connectivity index (χ3n) is 9.19. The predicted molar refractivity (Wildman–Crippen MR) is 182 cm³/mol. The van der Waals surface area contributed by atoms with Crippen molar-refractivity contribution in [1.29, 1.82) is 0 Å². The summed E-state index contributed by atoms with van der Waals surface area (Å²) in [6, 6.07) is 17.3. The van der Waals surface area contributed by atoms with E-state index in [0.29, 0.717) is 42.0 Å². The van der Waals surface area contributed by atoms with E-state index in [1.807, 2.05) is 18.2 Å². The summed E-state index contributed by atoms with van der Waals surface area (Å²) in [4.78, 5) is 41.6. The molecule has 1 unspecified atom stereocenters. The summed E-state index contributed by atoms with van der Waals surface area (Å²) in [6.07, 6.45) is 4.99. The number of nitrogens with zero attached hydrogens (tertiary/aromatic N) is 2. The number of phosphoric acid groups is 1. The SMILES string of the molecule is O=C(OCOP(=O)([O-])OC[N+]1(CCCCOc2ccc3ccc(=O)[nH]c3c2)CCN(c2cccc3sccc23)CC1)OC1CCCCC1. The molecule has 2 fully saturated rings. The first-order valence-electron chi connectivity index (χ1n) is 16.5. The summed E-state index contributed by atoms with van der Waals surface area (Å²) >= 11 is 1.71. The Hall–Kier alpha value is -3.45. The van der Waals surface area contributed by atoms with Crippen molar-refractivity contribution in [2.75, 3.05) is 57.8 Å². The number of quaternary nitrogens is 1. The van der Waals surface area contributed by atoms with Gasteiger partial charge in [0.2, 0.25) is 12.4 Å². The average Bonchev–Trinajstić information content (AvgIpc) is 3.57. The molecule has 2 aliphatic rings. The molecular weight excluding hydrogens is 657 g/mol. The van der Waals surface area contributed by atoms with Gasteiger partial charge in [0.05, 0.1) is 44.8 Å². The fraction of sp³-hybridized carbons (Fsp3) is 0.471. The number of aromatic amines is 1. The normalized spacial score (nSPS) is 18.1. The van der Waals surface area contributed by atoms with Gasteiger partial charge in [-0.05, 0) is 85.7 Å². The minimum atomic E-state index is -4.77. The summed E-state index contributed by atoms with van der Waals surface area (Å²) in [5.41, 5.74) is 1.72. The Morgan fingerprint density at radius 2 is 1.83 bits per heavy atom. The molecule has 1 aliphatic heterocycles. The molecule has 2 aromatic heterocycles. The molecule has 1 atom stereocenters. The molecule has 1 saturated carbocycles. The van der Waals surface area contributed by atoms with Crippen molar-refractivity contribution >= 4 is 52.0 Å². The van der Waals surface area contributed by atoms with Crippen molar-refractivity contribution in [3.63, 3.8) is 0 Å². The number of aromatic nitrogens is 1. The quantitative estimate of drug-likeness (QED) is 0.0537. The Kier molecular flexibility index (Phi) is 11.4. The summed E-state index contributed by atoms with van der Waals surface area (Å²) in [5, 5.41) is 4.23. The van der Waals surface area contributed by atoms with Crippen LogP contribution in [-0.4, -0.2) is 74.6 Å². The third kappa shape index (κ3) is 9.16. The van der Waals surface area contributed by atoms with Gasteiger partial charge in [0.1, 0.15) is 11.9 Å². The molecule has 1 N–H and O–H groups in total. The topological polar surface area (TPSA) is 139 Å². The Bertz CT molecular complexity index is 1780. The van der Waals surface area contributed by atoms with Crippen LogP contribution in [0.25, 0.3) is 21.0 Å². The van der Waals surface area contributed by atoms with E-state index in [1.54, 1.807) is 17.4 Å². The molecule has 12 nitrogen and oxygen atoms in total. The monoisotopic (exact) mass is 699 g/mol. The smallest absolute Gasteiger partial charge is 0.510 e. The van der Waals surface area contributed by atoms with Crippen LogP contribution >= 0.6 is 19.2 Å². The number of hydrogen-bond acceptors (Lipinski definition) is 11. The molecule has 0 amide bonds. The number of carbonyl (C=O) groups excluding carboxylic acids is 1.